The largest absolute Gasteiger partial charge is 0.372 e. The Kier molecular flexibility index (Phi) is 1.33. The zero-order chi connectivity index (χ0) is 8.55. The molecule has 0 aliphatic carbocycles. The van der Waals surface area contributed by atoms with E-state index in [4.69, 9.17) is 5.73 Å². The molecular weight excluding hydrogens is 158 g/mol. The topological polar surface area (TPSA) is 96.2 Å². The summed E-state index contributed by atoms with van der Waals surface area (Å²) < 4.78 is 0. The molecule has 12 heavy (non-hydrogen) atoms. The number of hydrogen-bond acceptors (Lipinski definition) is 5. The summed E-state index contributed by atoms with van der Waals surface area (Å²) in [7, 11) is 0. The number of nitrogens with two attached hydrogens (primary N) is 1. The molecule has 0 radical (unpaired) electrons. The van der Waals surface area contributed by atoms with Crippen LogP contribution in [-0.4, -0.2) is 22.7 Å². The Morgan fingerprint density at radius 3 is 3.25 bits per heavy atom. The fourth-order valence-electron chi connectivity index (χ4n) is 1.01. The number of aliphatic imine (C=N–C) groups is 1. The molecule has 0 fully saturated rings. The molecule has 0 saturated carbocycles. The number of rotatable bonds is 0. The highest BCUT2D eigenvalue weighted by Crippen LogP contribution is 2.19. The summed E-state index contributed by atoms with van der Waals surface area (Å²) in [5.41, 5.74) is 5.41. The van der Waals surface area contributed by atoms with Crippen LogP contribution in [0.1, 0.15) is 0 Å². The first-order valence-electron chi connectivity index (χ1n) is 3.43. The predicted octanol–water partition coefficient (Wildman–Crippen LogP) is -0.520. The zero-order valence-electron chi connectivity index (χ0n) is 6.16. The average Bonchev–Trinajstić information content (AvgIpc) is 2.04. The van der Waals surface area contributed by atoms with Crippen molar-refractivity contribution in [2.75, 3.05) is 17.6 Å². The van der Waals surface area contributed by atoms with Gasteiger partial charge in [-0.2, -0.15) is 4.98 Å². The molecule has 2 heterocycles. The average molecular weight is 165 g/mol. The quantitative estimate of drug-likeness (QED) is 0.482. The number of nitrogens with zero attached hydrogens (tertiary/aromatic N) is 2. The summed E-state index contributed by atoms with van der Waals surface area (Å²) in [5, 5.41) is 2.85. The van der Waals surface area contributed by atoms with Crippen molar-refractivity contribution in [2.24, 2.45) is 4.99 Å². The number of hydrogen-bond donors (Lipinski definition) is 3. The van der Waals surface area contributed by atoms with E-state index in [0.717, 1.165) is 0 Å². The Morgan fingerprint density at radius 1 is 1.58 bits per heavy atom. The zero-order valence-corrected chi connectivity index (χ0v) is 6.16. The van der Waals surface area contributed by atoms with E-state index in [1.165, 1.54) is 0 Å². The van der Waals surface area contributed by atoms with Crippen LogP contribution in [0.25, 0.3) is 0 Å². The molecule has 0 unspecified atom stereocenters. The second kappa shape index (κ2) is 2.33. The summed E-state index contributed by atoms with van der Waals surface area (Å²) in [6.45, 7) is 0.543. The van der Waals surface area contributed by atoms with Gasteiger partial charge in [0.15, 0.2) is 5.82 Å². The Bertz CT molecular complexity index is 393. The number of fused-ring (bicyclic) bond motifs is 1. The van der Waals surface area contributed by atoms with Crippen LogP contribution in [0.5, 0.6) is 0 Å². The van der Waals surface area contributed by atoms with Gasteiger partial charge in [0.2, 0.25) is 5.95 Å². The first-order chi connectivity index (χ1) is 5.77. The third-order valence-electron chi connectivity index (χ3n) is 1.50. The van der Waals surface area contributed by atoms with Crippen LogP contribution in [0.4, 0.5) is 17.5 Å². The van der Waals surface area contributed by atoms with Gasteiger partial charge in [-0.15, -0.1) is 0 Å². The van der Waals surface area contributed by atoms with E-state index in [1.54, 1.807) is 6.21 Å². The number of nitrogen functional groups attached to an aromatic ring is 1. The summed E-state index contributed by atoms with van der Waals surface area (Å²) in [6.07, 6.45) is 1.63. The van der Waals surface area contributed by atoms with Gasteiger partial charge >= 0.3 is 0 Å². The van der Waals surface area contributed by atoms with E-state index in [1.807, 2.05) is 0 Å². The molecule has 1 aromatic rings. The molecule has 0 bridgehead atoms. The van der Waals surface area contributed by atoms with Gasteiger partial charge in [0, 0.05) is 6.21 Å². The third kappa shape index (κ3) is 0.931. The van der Waals surface area contributed by atoms with Gasteiger partial charge in [0.25, 0.3) is 5.56 Å². The fraction of sp³-hybridized carbons (Fsp3) is 0.167. The smallest absolute Gasteiger partial charge is 0.277 e. The van der Waals surface area contributed by atoms with E-state index in [9.17, 15) is 4.79 Å². The summed E-state index contributed by atoms with van der Waals surface area (Å²) in [5.74, 6) is 0.433. The van der Waals surface area contributed by atoms with Crippen LogP contribution < -0.4 is 16.6 Å². The second-order valence-electron chi connectivity index (χ2n) is 2.34. The SMILES string of the molecule is Nc1nc2c(c(=O)[nH]1)NCC=N2. The molecule has 0 atom stereocenters. The molecule has 6 heteroatoms. The lowest BCUT2D eigenvalue weighted by Crippen LogP contribution is -2.20. The number of aromatic amines is 1. The minimum Gasteiger partial charge on any atom is -0.372 e. The lowest BCUT2D eigenvalue weighted by Gasteiger charge is -2.09. The van der Waals surface area contributed by atoms with E-state index in [0.29, 0.717) is 18.1 Å². The van der Waals surface area contributed by atoms with Crippen molar-refractivity contribution < 1.29 is 0 Å². The van der Waals surface area contributed by atoms with Crippen LogP contribution >= 0.6 is 0 Å². The van der Waals surface area contributed by atoms with Crippen molar-refractivity contribution in [2.45, 2.75) is 0 Å². The maximum Gasteiger partial charge on any atom is 0.277 e. The normalized spacial score (nSPS) is 13.7. The molecule has 0 aromatic carbocycles. The van der Waals surface area contributed by atoms with E-state index < -0.39 is 0 Å². The lowest BCUT2D eigenvalue weighted by molar-refractivity contribution is 1.10. The van der Waals surface area contributed by atoms with Crippen LogP contribution in [-0.2, 0) is 0 Å². The van der Waals surface area contributed by atoms with Crippen molar-refractivity contribution in [1.29, 1.82) is 0 Å². The molecular formula is C6H7N5O. The highest BCUT2D eigenvalue weighted by Gasteiger charge is 2.10. The number of aromatic nitrogens is 2. The third-order valence-corrected chi connectivity index (χ3v) is 1.50. The highest BCUT2D eigenvalue weighted by atomic mass is 16.1. The fourth-order valence-corrected chi connectivity index (χ4v) is 1.01. The number of anilines is 2. The van der Waals surface area contributed by atoms with Gasteiger partial charge in [0.1, 0.15) is 5.69 Å². The minimum atomic E-state index is -0.283. The maximum absolute atomic E-state index is 11.2. The van der Waals surface area contributed by atoms with Crippen molar-refractivity contribution in [3.8, 4) is 0 Å². The summed E-state index contributed by atoms with van der Waals surface area (Å²) in [4.78, 5) is 21.3. The van der Waals surface area contributed by atoms with Crippen LogP contribution in [0.3, 0.4) is 0 Å². The van der Waals surface area contributed by atoms with Crippen LogP contribution in [0.15, 0.2) is 9.79 Å². The van der Waals surface area contributed by atoms with E-state index >= 15 is 0 Å². The van der Waals surface area contributed by atoms with Gasteiger partial charge in [-0.1, -0.05) is 0 Å². The second-order valence-corrected chi connectivity index (χ2v) is 2.34. The van der Waals surface area contributed by atoms with Crippen LogP contribution in [0, 0.1) is 0 Å². The van der Waals surface area contributed by atoms with Crippen molar-refractivity contribution in [1.82, 2.24) is 9.97 Å². The van der Waals surface area contributed by atoms with Gasteiger partial charge in [-0.3, -0.25) is 9.78 Å². The Hall–Kier alpha value is -1.85. The van der Waals surface area contributed by atoms with Crippen molar-refractivity contribution >= 4 is 23.7 Å². The Labute approximate surface area is 67.5 Å². The lowest BCUT2D eigenvalue weighted by atomic mass is 10.4. The minimum absolute atomic E-state index is 0.0830. The monoisotopic (exact) mass is 165 g/mol. The molecule has 2 rings (SSSR count). The maximum atomic E-state index is 11.2. The predicted molar refractivity (Wildman–Crippen MR) is 45.9 cm³/mol. The van der Waals surface area contributed by atoms with E-state index in [-0.39, 0.29) is 11.5 Å². The van der Waals surface area contributed by atoms with Crippen LogP contribution in [0.2, 0.25) is 0 Å². The molecule has 4 N–H and O–H groups in total. The van der Waals surface area contributed by atoms with Crippen molar-refractivity contribution in [3.05, 3.63) is 10.4 Å². The van der Waals surface area contributed by atoms with E-state index in [2.05, 4.69) is 20.3 Å². The molecule has 0 spiro atoms. The molecule has 0 amide bonds. The van der Waals surface area contributed by atoms with Gasteiger partial charge in [0.05, 0.1) is 6.54 Å². The Morgan fingerprint density at radius 2 is 2.42 bits per heavy atom. The number of H-pyrrole nitrogens is 1. The van der Waals surface area contributed by atoms with Crippen molar-refractivity contribution in [3.63, 3.8) is 0 Å². The summed E-state index contributed by atoms with van der Waals surface area (Å²) in [6, 6.07) is 0. The number of nitrogens with one attached hydrogen (secondary N) is 2. The molecule has 0 saturated heterocycles. The first kappa shape index (κ1) is 6.84. The van der Waals surface area contributed by atoms with Gasteiger partial charge < -0.3 is 11.1 Å². The molecule has 6 nitrogen and oxygen atoms in total. The highest BCUT2D eigenvalue weighted by molar-refractivity contribution is 5.77. The Balaban J connectivity index is 2.71. The molecule has 62 valence electrons. The molecule has 1 aromatic heterocycles. The molecule has 1 aliphatic rings. The van der Waals surface area contributed by atoms with Gasteiger partial charge in [-0.25, -0.2) is 4.99 Å². The first-order valence-corrected chi connectivity index (χ1v) is 3.43. The van der Waals surface area contributed by atoms with Gasteiger partial charge in [-0.05, 0) is 0 Å². The summed E-state index contributed by atoms with van der Waals surface area (Å²) >= 11 is 0. The standard InChI is InChI=1S/C6H7N5O/c7-6-10-4-3(5(12)11-6)8-1-2-9-4/h2,8H,1H2,(H3,7,10,11,12). The molecule has 1 aliphatic heterocycles.